The zero-order valence-electron chi connectivity index (χ0n) is 15.2. The van der Waals surface area contributed by atoms with Crippen molar-refractivity contribution < 1.29 is 24.0 Å². The normalized spacial score (nSPS) is 12.7. The second-order valence-corrected chi connectivity index (χ2v) is 6.24. The molecule has 2 aromatic carbocycles. The predicted molar refractivity (Wildman–Crippen MR) is 100.0 cm³/mol. The lowest BCUT2D eigenvalue weighted by atomic mass is 10.1. The van der Waals surface area contributed by atoms with Gasteiger partial charge in [0.15, 0.2) is 5.69 Å². The van der Waals surface area contributed by atoms with Crippen LogP contribution in [0.5, 0.6) is 0 Å². The van der Waals surface area contributed by atoms with Crippen molar-refractivity contribution >= 4 is 29.4 Å². The third kappa shape index (κ3) is 3.36. The lowest BCUT2D eigenvalue weighted by Gasteiger charge is -2.13. The number of aromatic nitrogens is 2. The van der Waals surface area contributed by atoms with Crippen molar-refractivity contribution in [2.45, 2.75) is 0 Å². The molecular weight excluding hydrogens is 376 g/mol. The number of nitrogens with zero attached hydrogens (tertiary/aromatic N) is 3. The van der Waals surface area contributed by atoms with Gasteiger partial charge in [-0.3, -0.25) is 19.1 Å². The topological polar surface area (TPSA) is 111 Å². The lowest BCUT2D eigenvalue weighted by Crippen LogP contribution is -2.32. The minimum absolute atomic E-state index is 0.0559. The van der Waals surface area contributed by atoms with Crippen LogP contribution in [-0.2, 0) is 11.9 Å². The number of aryl methyl sites for hydroxylation is 1. The molecule has 0 spiro atoms. The minimum Gasteiger partial charge on any atom is -0.324 e. The number of fused-ring (bicyclic) bond motifs is 1. The zero-order valence-corrected chi connectivity index (χ0v) is 15.2. The van der Waals surface area contributed by atoms with Gasteiger partial charge < -0.3 is 10.2 Å². The van der Waals surface area contributed by atoms with Crippen LogP contribution in [0, 0.1) is 0 Å². The van der Waals surface area contributed by atoms with Crippen LogP contribution in [-0.4, -0.2) is 38.5 Å². The molecule has 3 aromatic rings. The highest BCUT2D eigenvalue weighted by molar-refractivity contribution is 6.21. The Morgan fingerprint density at radius 2 is 1.66 bits per heavy atom. The molecule has 1 aliphatic rings. The van der Waals surface area contributed by atoms with Crippen molar-refractivity contribution in [2.24, 2.45) is 7.05 Å². The van der Waals surface area contributed by atoms with E-state index < -0.39 is 23.7 Å². The molecule has 0 saturated carbocycles. The fourth-order valence-corrected chi connectivity index (χ4v) is 2.84. The molecule has 0 unspecified atom stereocenters. The van der Waals surface area contributed by atoms with E-state index in [1.165, 1.54) is 35.0 Å². The van der Waals surface area contributed by atoms with Gasteiger partial charge >= 0.3 is 5.97 Å². The number of carbonyl (C=O) groups is 4. The Balaban J connectivity index is 1.49. The molecule has 0 radical (unpaired) electrons. The van der Waals surface area contributed by atoms with Crippen molar-refractivity contribution in [1.29, 1.82) is 0 Å². The summed E-state index contributed by atoms with van der Waals surface area (Å²) >= 11 is 0. The number of amides is 3. The molecular formula is C20H14N4O5. The van der Waals surface area contributed by atoms with Gasteiger partial charge in [-0.2, -0.15) is 5.10 Å². The van der Waals surface area contributed by atoms with E-state index in [9.17, 15) is 19.2 Å². The Hall–Kier alpha value is -4.27. The molecule has 0 fully saturated rings. The van der Waals surface area contributed by atoms with Crippen LogP contribution >= 0.6 is 0 Å². The quantitative estimate of drug-likeness (QED) is 0.683. The lowest BCUT2D eigenvalue weighted by molar-refractivity contribution is -0.0584. The Kier molecular flexibility index (Phi) is 4.40. The summed E-state index contributed by atoms with van der Waals surface area (Å²) in [4.78, 5) is 54.3. The van der Waals surface area contributed by atoms with Crippen LogP contribution in [0.3, 0.4) is 0 Å². The average Bonchev–Trinajstić information content (AvgIpc) is 3.26. The van der Waals surface area contributed by atoms with Gasteiger partial charge in [-0.05, 0) is 36.4 Å². The number of hydrogen-bond acceptors (Lipinski definition) is 6. The summed E-state index contributed by atoms with van der Waals surface area (Å²) in [7, 11) is 1.69. The first-order chi connectivity index (χ1) is 13.9. The average molecular weight is 390 g/mol. The third-order valence-electron chi connectivity index (χ3n) is 4.23. The maximum Gasteiger partial charge on any atom is 0.364 e. The Morgan fingerprint density at radius 1 is 0.966 bits per heavy atom. The van der Waals surface area contributed by atoms with E-state index in [2.05, 4.69) is 10.4 Å². The van der Waals surface area contributed by atoms with Gasteiger partial charge in [0.2, 0.25) is 0 Å². The smallest absolute Gasteiger partial charge is 0.324 e. The molecule has 0 aliphatic carbocycles. The predicted octanol–water partition coefficient (Wildman–Crippen LogP) is 2.04. The number of benzene rings is 2. The van der Waals surface area contributed by atoms with Crippen molar-refractivity contribution in [1.82, 2.24) is 14.8 Å². The molecule has 29 heavy (non-hydrogen) atoms. The molecule has 9 nitrogen and oxygen atoms in total. The summed E-state index contributed by atoms with van der Waals surface area (Å²) in [6.45, 7) is 0. The van der Waals surface area contributed by atoms with Crippen LogP contribution in [0.2, 0.25) is 0 Å². The summed E-state index contributed by atoms with van der Waals surface area (Å²) in [5, 5.41) is 7.06. The van der Waals surface area contributed by atoms with Gasteiger partial charge in [-0.25, -0.2) is 4.79 Å². The number of hydrogen-bond donors (Lipinski definition) is 1. The Morgan fingerprint density at radius 3 is 2.28 bits per heavy atom. The van der Waals surface area contributed by atoms with Crippen molar-refractivity contribution in [3.63, 3.8) is 0 Å². The number of anilines is 1. The molecule has 1 aromatic heterocycles. The van der Waals surface area contributed by atoms with Crippen LogP contribution in [0.15, 0.2) is 60.8 Å². The van der Waals surface area contributed by atoms with Gasteiger partial charge in [-0.1, -0.05) is 23.3 Å². The molecule has 2 heterocycles. The number of carbonyl (C=O) groups excluding carboxylic acids is 4. The molecule has 4 rings (SSSR count). The highest BCUT2D eigenvalue weighted by Crippen LogP contribution is 2.23. The first-order valence-corrected chi connectivity index (χ1v) is 8.55. The van der Waals surface area contributed by atoms with E-state index in [-0.39, 0.29) is 22.4 Å². The van der Waals surface area contributed by atoms with E-state index in [1.807, 2.05) is 0 Å². The summed E-state index contributed by atoms with van der Waals surface area (Å²) in [6.07, 6.45) is 1.63. The number of nitrogens with one attached hydrogen (secondary N) is 1. The van der Waals surface area contributed by atoms with E-state index in [4.69, 9.17) is 4.84 Å². The number of rotatable bonds is 4. The highest BCUT2D eigenvalue weighted by Gasteiger charge is 2.38. The zero-order chi connectivity index (χ0) is 20.5. The minimum atomic E-state index is -0.909. The molecule has 0 bridgehead atoms. The molecule has 0 saturated heterocycles. The van der Waals surface area contributed by atoms with Gasteiger partial charge in [0.25, 0.3) is 17.7 Å². The van der Waals surface area contributed by atoms with E-state index in [0.29, 0.717) is 10.8 Å². The van der Waals surface area contributed by atoms with Gasteiger partial charge in [0, 0.05) is 18.9 Å². The standard InChI is InChI=1S/C20H14N4O5/c1-23-10-9-16(22-23)17(25)21-13-6-4-5-12(11-13)20(28)29-24-18(26)14-7-2-3-8-15(14)19(24)27/h2-11H,1H3,(H,21,25). The van der Waals surface area contributed by atoms with E-state index in [1.54, 1.807) is 37.5 Å². The summed E-state index contributed by atoms with van der Waals surface area (Å²) in [5.74, 6) is -2.78. The van der Waals surface area contributed by atoms with Crippen molar-refractivity contribution in [2.75, 3.05) is 5.32 Å². The van der Waals surface area contributed by atoms with Gasteiger partial charge in [0.1, 0.15) is 0 Å². The summed E-state index contributed by atoms with van der Waals surface area (Å²) in [5.41, 5.74) is 0.938. The fourth-order valence-electron chi connectivity index (χ4n) is 2.84. The maximum absolute atomic E-state index is 12.5. The SMILES string of the molecule is Cn1ccc(C(=O)Nc2cccc(C(=O)ON3C(=O)c4ccccc4C3=O)c2)n1. The molecule has 9 heteroatoms. The molecule has 3 amide bonds. The maximum atomic E-state index is 12.5. The molecule has 144 valence electrons. The largest absolute Gasteiger partial charge is 0.364 e. The molecule has 1 aliphatic heterocycles. The van der Waals surface area contributed by atoms with E-state index >= 15 is 0 Å². The van der Waals surface area contributed by atoms with Gasteiger partial charge in [-0.15, -0.1) is 0 Å². The molecule has 1 N–H and O–H groups in total. The fraction of sp³-hybridized carbons (Fsp3) is 0.0500. The first kappa shape index (κ1) is 18.1. The van der Waals surface area contributed by atoms with Crippen LogP contribution in [0.1, 0.15) is 41.6 Å². The van der Waals surface area contributed by atoms with E-state index in [0.717, 1.165) is 0 Å². The van der Waals surface area contributed by atoms with Crippen LogP contribution < -0.4 is 5.32 Å². The van der Waals surface area contributed by atoms with Crippen LogP contribution in [0.25, 0.3) is 0 Å². The first-order valence-electron chi connectivity index (χ1n) is 8.55. The second-order valence-electron chi connectivity index (χ2n) is 6.24. The number of hydroxylamine groups is 2. The Bertz CT molecular complexity index is 1130. The second kappa shape index (κ2) is 7.04. The van der Waals surface area contributed by atoms with Gasteiger partial charge in [0.05, 0.1) is 16.7 Å². The summed E-state index contributed by atoms with van der Waals surface area (Å²) < 4.78 is 1.49. The monoisotopic (exact) mass is 390 g/mol. The number of imide groups is 1. The van der Waals surface area contributed by atoms with Crippen molar-refractivity contribution in [3.05, 3.63) is 83.2 Å². The summed E-state index contributed by atoms with van der Waals surface area (Å²) in [6, 6.07) is 13.7. The Labute approximate surface area is 164 Å². The van der Waals surface area contributed by atoms with Crippen LogP contribution in [0.4, 0.5) is 5.69 Å². The van der Waals surface area contributed by atoms with Crippen molar-refractivity contribution in [3.8, 4) is 0 Å². The molecule has 0 atom stereocenters. The third-order valence-corrected chi connectivity index (χ3v) is 4.23. The highest BCUT2D eigenvalue weighted by atomic mass is 16.7.